The zero-order chi connectivity index (χ0) is 11.3. The minimum Gasteiger partial charge on any atom is -0.316 e. The van der Waals surface area contributed by atoms with Gasteiger partial charge in [0.15, 0.2) is 0 Å². The lowest BCUT2D eigenvalue weighted by Crippen LogP contribution is -2.21. The molecule has 1 heteroatoms. The highest BCUT2D eigenvalue weighted by atomic mass is 14.9. The summed E-state index contributed by atoms with van der Waals surface area (Å²) in [5.74, 6) is 1.89. The standard InChI is InChI=1S/C14H29N/c1-5-8-15-11-13-10-14(13,7-3)9-12(4)6-2/h12-13,15H,5-11H2,1-4H3. The second-order valence-electron chi connectivity index (χ2n) is 5.54. The molecular formula is C14H29N. The van der Waals surface area contributed by atoms with E-state index in [0.717, 1.165) is 17.3 Å². The second kappa shape index (κ2) is 5.89. The van der Waals surface area contributed by atoms with E-state index in [1.807, 2.05) is 0 Å². The van der Waals surface area contributed by atoms with Crippen molar-refractivity contribution in [1.29, 1.82) is 0 Å². The highest BCUT2D eigenvalue weighted by molar-refractivity contribution is 5.02. The van der Waals surface area contributed by atoms with Gasteiger partial charge in [-0.15, -0.1) is 0 Å². The highest BCUT2D eigenvalue weighted by Gasteiger charge is 2.51. The molecule has 15 heavy (non-hydrogen) atoms. The molecule has 0 bridgehead atoms. The van der Waals surface area contributed by atoms with Gasteiger partial charge in [-0.05, 0) is 49.6 Å². The molecule has 0 aliphatic heterocycles. The first kappa shape index (κ1) is 13.0. The van der Waals surface area contributed by atoms with Gasteiger partial charge in [-0.3, -0.25) is 0 Å². The Labute approximate surface area is 96.0 Å². The first-order valence-corrected chi connectivity index (χ1v) is 6.89. The Morgan fingerprint density at radius 3 is 2.60 bits per heavy atom. The fraction of sp³-hybridized carbons (Fsp3) is 1.00. The van der Waals surface area contributed by atoms with E-state index in [-0.39, 0.29) is 0 Å². The minimum atomic E-state index is 0.718. The van der Waals surface area contributed by atoms with Crippen molar-refractivity contribution in [3.8, 4) is 0 Å². The summed E-state index contributed by atoms with van der Waals surface area (Å²) in [7, 11) is 0. The quantitative estimate of drug-likeness (QED) is 0.602. The predicted octanol–water partition coefficient (Wildman–Crippen LogP) is 3.84. The topological polar surface area (TPSA) is 12.0 Å². The van der Waals surface area contributed by atoms with Crippen molar-refractivity contribution in [2.24, 2.45) is 17.3 Å². The van der Waals surface area contributed by atoms with Crippen molar-refractivity contribution in [3.63, 3.8) is 0 Å². The first-order chi connectivity index (χ1) is 7.18. The van der Waals surface area contributed by atoms with E-state index < -0.39 is 0 Å². The Bertz CT molecular complexity index is 176. The molecule has 3 atom stereocenters. The highest BCUT2D eigenvalue weighted by Crippen LogP contribution is 2.58. The third kappa shape index (κ3) is 3.48. The monoisotopic (exact) mass is 211 g/mol. The smallest absolute Gasteiger partial charge is 0.00150 e. The summed E-state index contributed by atoms with van der Waals surface area (Å²) in [6.45, 7) is 11.8. The van der Waals surface area contributed by atoms with Crippen LogP contribution in [0.3, 0.4) is 0 Å². The summed E-state index contributed by atoms with van der Waals surface area (Å²) >= 11 is 0. The molecule has 1 aliphatic rings. The van der Waals surface area contributed by atoms with E-state index in [1.54, 1.807) is 0 Å². The largest absolute Gasteiger partial charge is 0.316 e. The molecule has 1 nitrogen and oxygen atoms in total. The molecule has 1 saturated carbocycles. The van der Waals surface area contributed by atoms with E-state index in [9.17, 15) is 0 Å². The number of hydrogen-bond acceptors (Lipinski definition) is 1. The average molecular weight is 211 g/mol. The molecule has 1 N–H and O–H groups in total. The molecule has 0 radical (unpaired) electrons. The van der Waals surface area contributed by atoms with Crippen LogP contribution in [0.15, 0.2) is 0 Å². The molecule has 0 aromatic carbocycles. The zero-order valence-electron chi connectivity index (χ0n) is 11.1. The Kier molecular flexibility index (Phi) is 5.11. The summed E-state index contributed by atoms with van der Waals surface area (Å²) in [5.41, 5.74) is 0.718. The fourth-order valence-corrected chi connectivity index (χ4v) is 2.84. The molecule has 0 heterocycles. The summed E-state index contributed by atoms with van der Waals surface area (Å²) in [5, 5.41) is 3.58. The van der Waals surface area contributed by atoms with Crippen molar-refractivity contribution in [2.75, 3.05) is 13.1 Å². The number of rotatable bonds is 8. The van der Waals surface area contributed by atoms with Gasteiger partial charge in [-0.25, -0.2) is 0 Å². The first-order valence-electron chi connectivity index (χ1n) is 6.89. The van der Waals surface area contributed by atoms with Gasteiger partial charge in [0.1, 0.15) is 0 Å². The van der Waals surface area contributed by atoms with Crippen LogP contribution >= 0.6 is 0 Å². The van der Waals surface area contributed by atoms with E-state index >= 15 is 0 Å². The van der Waals surface area contributed by atoms with E-state index in [0.29, 0.717) is 0 Å². The van der Waals surface area contributed by atoms with Crippen LogP contribution in [-0.2, 0) is 0 Å². The second-order valence-corrected chi connectivity index (χ2v) is 5.54. The van der Waals surface area contributed by atoms with Crippen LogP contribution in [0, 0.1) is 17.3 Å². The maximum atomic E-state index is 3.58. The van der Waals surface area contributed by atoms with Crippen LogP contribution in [0.1, 0.15) is 59.8 Å². The molecule has 1 rings (SSSR count). The summed E-state index contributed by atoms with van der Waals surface area (Å²) in [6.07, 6.45) is 6.92. The van der Waals surface area contributed by atoms with Crippen LogP contribution in [0.25, 0.3) is 0 Å². The molecule has 1 fully saturated rings. The third-order valence-corrected chi connectivity index (χ3v) is 4.33. The van der Waals surface area contributed by atoms with Crippen LogP contribution in [0.4, 0.5) is 0 Å². The Morgan fingerprint density at radius 1 is 1.33 bits per heavy atom. The maximum Gasteiger partial charge on any atom is -0.00150 e. The van der Waals surface area contributed by atoms with Crippen LogP contribution in [0.5, 0.6) is 0 Å². The average Bonchev–Trinajstić information content (AvgIpc) is 2.93. The predicted molar refractivity (Wildman–Crippen MR) is 68.1 cm³/mol. The van der Waals surface area contributed by atoms with Crippen molar-refractivity contribution in [3.05, 3.63) is 0 Å². The van der Waals surface area contributed by atoms with Crippen molar-refractivity contribution >= 4 is 0 Å². The van der Waals surface area contributed by atoms with E-state index in [2.05, 4.69) is 33.0 Å². The van der Waals surface area contributed by atoms with Crippen molar-refractivity contribution in [1.82, 2.24) is 5.32 Å². The molecule has 0 aromatic heterocycles. The van der Waals surface area contributed by atoms with Crippen LogP contribution in [-0.4, -0.2) is 13.1 Å². The molecule has 0 saturated heterocycles. The van der Waals surface area contributed by atoms with Crippen LogP contribution in [0.2, 0.25) is 0 Å². The fourth-order valence-electron chi connectivity index (χ4n) is 2.84. The lowest BCUT2D eigenvalue weighted by Gasteiger charge is -2.19. The van der Waals surface area contributed by atoms with Gasteiger partial charge in [0.2, 0.25) is 0 Å². The molecule has 1 aliphatic carbocycles. The molecule has 0 spiro atoms. The third-order valence-electron chi connectivity index (χ3n) is 4.33. The molecule has 0 amide bonds. The molecular weight excluding hydrogens is 182 g/mol. The SMILES string of the molecule is CCCNCC1CC1(CC)CC(C)CC. The molecule has 3 unspecified atom stereocenters. The molecule has 0 aromatic rings. The number of hydrogen-bond donors (Lipinski definition) is 1. The summed E-state index contributed by atoms with van der Waals surface area (Å²) < 4.78 is 0. The maximum absolute atomic E-state index is 3.58. The van der Waals surface area contributed by atoms with Gasteiger partial charge in [-0.2, -0.15) is 0 Å². The van der Waals surface area contributed by atoms with Gasteiger partial charge < -0.3 is 5.32 Å². The summed E-state index contributed by atoms with van der Waals surface area (Å²) in [4.78, 5) is 0. The molecule has 90 valence electrons. The lowest BCUT2D eigenvalue weighted by molar-refractivity contribution is 0.321. The minimum absolute atomic E-state index is 0.718. The van der Waals surface area contributed by atoms with E-state index in [4.69, 9.17) is 0 Å². The lowest BCUT2D eigenvalue weighted by atomic mass is 9.87. The van der Waals surface area contributed by atoms with Gasteiger partial charge in [0, 0.05) is 0 Å². The van der Waals surface area contributed by atoms with Crippen LogP contribution < -0.4 is 5.32 Å². The normalized spacial score (nSPS) is 31.6. The van der Waals surface area contributed by atoms with E-state index in [1.165, 1.54) is 45.2 Å². The Balaban J connectivity index is 2.26. The van der Waals surface area contributed by atoms with Gasteiger partial charge in [0.05, 0.1) is 0 Å². The Hall–Kier alpha value is -0.0400. The number of nitrogens with one attached hydrogen (secondary N) is 1. The van der Waals surface area contributed by atoms with Gasteiger partial charge in [0.25, 0.3) is 0 Å². The van der Waals surface area contributed by atoms with Gasteiger partial charge >= 0.3 is 0 Å². The zero-order valence-corrected chi connectivity index (χ0v) is 11.1. The van der Waals surface area contributed by atoms with Crippen molar-refractivity contribution in [2.45, 2.75) is 59.8 Å². The van der Waals surface area contributed by atoms with Crippen molar-refractivity contribution < 1.29 is 0 Å². The Morgan fingerprint density at radius 2 is 2.07 bits per heavy atom. The van der Waals surface area contributed by atoms with Gasteiger partial charge in [-0.1, -0.05) is 40.5 Å². The summed E-state index contributed by atoms with van der Waals surface area (Å²) in [6, 6.07) is 0.